The van der Waals surface area contributed by atoms with Gasteiger partial charge in [-0.05, 0) is 39.8 Å². The van der Waals surface area contributed by atoms with Gasteiger partial charge in [0.05, 0.1) is 11.6 Å². The molecule has 18 heavy (non-hydrogen) atoms. The third-order valence-electron chi connectivity index (χ3n) is 3.39. The number of hydrogen-bond acceptors (Lipinski definition) is 2. The van der Waals surface area contributed by atoms with Crippen LogP contribution in [0.25, 0.3) is 0 Å². The third-order valence-corrected chi connectivity index (χ3v) is 3.39. The minimum Gasteiger partial charge on any atom is -0.348 e. The number of aryl methyl sites for hydroxylation is 1. The molecular weight excluding hydrogens is 224 g/mol. The van der Waals surface area contributed by atoms with Crippen LogP contribution in [0.15, 0.2) is 24.3 Å². The highest BCUT2D eigenvalue weighted by Gasteiger charge is 2.27. The van der Waals surface area contributed by atoms with E-state index in [4.69, 9.17) is 0 Å². The molecule has 0 aliphatic rings. The van der Waals surface area contributed by atoms with Gasteiger partial charge in [-0.3, -0.25) is 4.79 Å². The fourth-order valence-corrected chi connectivity index (χ4v) is 1.67. The molecule has 0 heterocycles. The third kappa shape index (κ3) is 3.57. The van der Waals surface area contributed by atoms with Crippen LogP contribution < -0.4 is 10.6 Å². The SMILES string of the molecule is CCC(NC(=O)C(C)(C)NC)c1ccc(C)cc1. The van der Waals surface area contributed by atoms with E-state index in [1.165, 1.54) is 5.56 Å². The number of hydrogen-bond donors (Lipinski definition) is 2. The van der Waals surface area contributed by atoms with Gasteiger partial charge in [-0.25, -0.2) is 0 Å². The van der Waals surface area contributed by atoms with Crippen LogP contribution in [0.4, 0.5) is 0 Å². The van der Waals surface area contributed by atoms with Gasteiger partial charge in [0.25, 0.3) is 0 Å². The van der Waals surface area contributed by atoms with Crippen LogP contribution in [0.2, 0.25) is 0 Å². The first-order chi connectivity index (χ1) is 8.40. The molecule has 0 bridgehead atoms. The summed E-state index contributed by atoms with van der Waals surface area (Å²) in [6.45, 7) is 7.90. The molecule has 1 aromatic rings. The van der Waals surface area contributed by atoms with Crippen molar-refractivity contribution in [1.82, 2.24) is 10.6 Å². The number of amides is 1. The van der Waals surface area contributed by atoms with E-state index in [2.05, 4.69) is 48.7 Å². The molecule has 100 valence electrons. The van der Waals surface area contributed by atoms with Crippen molar-refractivity contribution in [3.63, 3.8) is 0 Å². The van der Waals surface area contributed by atoms with Crippen molar-refractivity contribution >= 4 is 5.91 Å². The van der Waals surface area contributed by atoms with E-state index in [9.17, 15) is 4.79 Å². The first kappa shape index (κ1) is 14.7. The van der Waals surface area contributed by atoms with Crippen LogP contribution in [0.1, 0.15) is 44.4 Å². The maximum Gasteiger partial charge on any atom is 0.240 e. The minimum absolute atomic E-state index is 0.0254. The highest BCUT2D eigenvalue weighted by Crippen LogP contribution is 2.18. The molecule has 2 N–H and O–H groups in total. The van der Waals surface area contributed by atoms with Crippen LogP contribution >= 0.6 is 0 Å². The minimum atomic E-state index is -0.544. The molecule has 0 aliphatic carbocycles. The Balaban J connectivity index is 2.80. The van der Waals surface area contributed by atoms with E-state index in [0.29, 0.717) is 0 Å². The Morgan fingerprint density at radius 1 is 1.28 bits per heavy atom. The average Bonchev–Trinajstić information content (AvgIpc) is 2.36. The lowest BCUT2D eigenvalue weighted by atomic mass is 10.00. The topological polar surface area (TPSA) is 41.1 Å². The van der Waals surface area contributed by atoms with Gasteiger partial charge in [0.15, 0.2) is 0 Å². The van der Waals surface area contributed by atoms with E-state index in [0.717, 1.165) is 12.0 Å². The summed E-state index contributed by atoms with van der Waals surface area (Å²) < 4.78 is 0. The molecule has 3 heteroatoms. The summed E-state index contributed by atoms with van der Waals surface area (Å²) in [7, 11) is 1.80. The van der Waals surface area contributed by atoms with E-state index in [-0.39, 0.29) is 11.9 Å². The summed E-state index contributed by atoms with van der Waals surface area (Å²) in [5, 5.41) is 6.11. The van der Waals surface area contributed by atoms with Crippen molar-refractivity contribution in [1.29, 1.82) is 0 Å². The Kier molecular flexibility index (Phi) is 4.91. The molecule has 3 nitrogen and oxygen atoms in total. The van der Waals surface area contributed by atoms with Gasteiger partial charge in [-0.15, -0.1) is 0 Å². The predicted molar refractivity (Wildman–Crippen MR) is 75.5 cm³/mol. The zero-order valence-corrected chi connectivity index (χ0v) is 12.0. The Morgan fingerprint density at radius 3 is 2.28 bits per heavy atom. The molecule has 1 rings (SSSR count). The number of nitrogens with one attached hydrogen (secondary N) is 2. The zero-order chi connectivity index (χ0) is 13.8. The van der Waals surface area contributed by atoms with Gasteiger partial charge < -0.3 is 10.6 Å². The van der Waals surface area contributed by atoms with Gasteiger partial charge in [0.1, 0.15) is 0 Å². The summed E-state index contributed by atoms with van der Waals surface area (Å²) in [6, 6.07) is 8.39. The molecule has 0 saturated heterocycles. The molecule has 0 aromatic heterocycles. The molecule has 1 atom stereocenters. The van der Waals surface area contributed by atoms with Crippen molar-refractivity contribution in [2.75, 3.05) is 7.05 Å². The van der Waals surface area contributed by atoms with Crippen molar-refractivity contribution in [3.05, 3.63) is 35.4 Å². The standard InChI is InChI=1S/C15H24N2O/c1-6-13(12-9-7-11(2)8-10-12)17-14(18)15(3,4)16-5/h7-10,13,16H,6H2,1-5H3,(H,17,18). The fraction of sp³-hybridized carbons (Fsp3) is 0.533. The molecule has 0 radical (unpaired) electrons. The normalized spacial score (nSPS) is 13.2. The van der Waals surface area contributed by atoms with Gasteiger partial charge in [-0.2, -0.15) is 0 Å². The van der Waals surface area contributed by atoms with Crippen molar-refractivity contribution in [3.8, 4) is 0 Å². The number of likely N-dealkylation sites (N-methyl/N-ethyl adjacent to an activating group) is 1. The predicted octanol–water partition coefficient (Wildman–Crippen LogP) is 2.56. The number of rotatable bonds is 5. The van der Waals surface area contributed by atoms with Crippen molar-refractivity contribution in [2.24, 2.45) is 0 Å². The molecule has 0 saturated carbocycles. The van der Waals surface area contributed by atoms with Crippen molar-refractivity contribution < 1.29 is 4.79 Å². The second kappa shape index (κ2) is 6.01. The first-order valence-corrected chi connectivity index (χ1v) is 6.47. The Labute approximate surface area is 110 Å². The van der Waals surface area contributed by atoms with E-state index in [1.807, 2.05) is 13.8 Å². The lowest BCUT2D eigenvalue weighted by Gasteiger charge is -2.26. The Hall–Kier alpha value is -1.35. The largest absolute Gasteiger partial charge is 0.348 e. The van der Waals surface area contributed by atoms with Gasteiger partial charge in [0, 0.05) is 0 Å². The molecule has 1 amide bonds. The first-order valence-electron chi connectivity index (χ1n) is 6.47. The Morgan fingerprint density at radius 2 is 1.83 bits per heavy atom. The lowest BCUT2D eigenvalue weighted by Crippen LogP contribution is -2.51. The summed E-state index contributed by atoms with van der Waals surface area (Å²) in [6.07, 6.45) is 0.884. The highest BCUT2D eigenvalue weighted by molar-refractivity contribution is 5.85. The van der Waals surface area contributed by atoms with Crippen LogP contribution in [-0.4, -0.2) is 18.5 Å². The second-order valence-corrected chi connectivity index (χ2v) is 5.22. The van der Waals surface area contributed by atoms with E-state index in [1.54, 1.807) is 7.05 Å². The average molecular weight is 248 g/mol. The summed E-state index contributed by atoms with van der Waals surface area (Å²) in [4.78, 5) is 12.1. The maximum absolute atomic E-state index is 12.1. The smallest absolute Gasteiger partial charge is 0.240 e. The van der Waals surface area contributed by atoms with E-state index < -0.39 is 5.54 Å². The summed E-state index contributed by atoms with van der Waals surface area (Å²) >= 11 is 0. The molecule has 0 spiro atoms. The number of carbonyl (C=O) groups is 1. The molecule has 0 aliphatic heterocycles. The Bertz CT molecular complexity index is 395. The molecule has 1 aromatic carbocycles. The van der Waals surface area contributed by atoms with Crippen LogP contribution in [0.3, 0.4) is 0 Å². The number of benzene rings is 1. The van der Waals surface area contributed by atoms with Gasteiger partial charge in [0.2, 0.25) is 5.91 Å². The molecular formula is C15H24N2O. The zero-order valence-electron chi connectivity index (χ0n) is 12.0. The van der Waals surface area contributed by atoms with Gasteiger partial charge in [-0.1, -0.05) is 36.8 Å². The van der Waals surface area contributed by atoms with Crippen LogP contribution in [0.5, 0.6) is 0 Å². The molecule has 0 fully saturated rings. The lowest BCUT2D eigenvalue weighted by molar-refractivity contribution is -0.127. The maximum atomic E-state index is 12.1. The summed E-state index contributed by atoms with van der Waals surface area (Å²) in [5.41, 5.74) is 1.84. The quantitative estimate of drug-likeness (QED) is 0.841. The van der Waals surface area contributed by atoms with Crippen LogP contribution in [0, 0.1) is 6.92 Å². The highest BCUT2D eigenvalue weighted by atomic mass is 16.2. The summed E-state index contributed by atoms with van der Waals surface area (Å²) in [5.74, 6) is 0.0254. The van der Waals surface area contributed by atoms with Crippen LogP contribution in [-0.2, 0) is 4.79 Å². The molecule has 1 unspecified atom stereocenters. The van der Waals surface area contributed by atoms with Crippen molar-refractivity contribution in [2.45, 2.75) is 45.7 Å². The fourth-order valence-electron chi connectivity index (χ4n) is 1.67. The second-order valence-electron chi connectivity index (χ2n) is 5.22. The van der Waals surface area contributed by atoms with E-state index >= 15 is 0 Å². The van der Waals surface area contributed by atoms with Gasteiger partial charge >= 0.3 is 0 Å². The monoisotopic (exact) mass is 248 g/mol. The number of carbonyl (C=O) groups excluding carboxylic acids is 1.